The van der Waals surface area contributed by atoms with Gasteiger partial charge in [0.1, 0.15) is 12.1 Å². The van der Waals surface area contributed by atoms with Crippen LogP contribution >= 0.6 is 0 Å². The van der Waals surface area contributed by atoms with Gasteiger partial charge in [-0.25, -0.2) is 15.0 Å². The molecule has 0 saturated carbocycles. The molecule has 0 saturated heterocycles. The number of nitrogens with zero attached hydrogens (tertiary/aromatic N) is 3. The second-order valence-electron chi connectivity index (χ2n) is 7.37. The SMILES string of the molecule is c1ccc(CCNc2ncnc3nc(-c4ccccc4)cc(-c4ccccc4)c23)cc1. The van der Waals surface area contributed by atoms with E-state index >= 15 is 0 Å². The summed E-state index contributed by atoms with van der Waals surface area (Å²) < 4.78 is 0. The van der Waals surface area contributed by atoms with E-state index in [2.05, 4.69) is 82.0 Å². The zero-order valence-corrected chi connectivity index (χ0v) is 17.1. The molecule has 0 fully saturated rings. The normalized spacial score (nSPS) is 10.8. The van der Waals surface area contributed by atoms with E-state index < -0.39 is 0 Å². The van der Waals surface area contributed by atoms with Crippen LogP contribution in [0.25, 0.3) is 33.4 Å². The van der Waals surface area contributed by atoms with Gasteiger partial charge in [-0.3, -0.25) is 0 Å². The maximum Gasteiger partial charge on any atom is 0.165 e. The molecule has 0 bridgehead atoms. The zero-order chi connectivity index (χ0) is 20.9. The largest absolute Gasteiger partial charge is 0.369 e. The van der Waals surface area contributed by atoms with Gasteiger partial charge in [0.25, 0.3) is 0 Å². The molecule has 4 heteroatoms. The summed E-state index contributed by atoms with van der Waals surface area (Å²) in [6.45, 7) is 0.783. The first-order valence-corrected chi connectivity index (χ1v) is 10.4. The van der Waals surface area contributed by atoms with Crippen LogP contribution in [0.4, 0.5) is 5.82 Å². The van der Waals surface area contributed by atoms with Gasteiger partial charge < -0.3 is 5.32 Å². The Kier molecular flexibility index (Phi) is 5.35. The van der Waals surface area contributed by atoms with Gasteiger partial charge in [0.05, 0.1) is 11.1 Å². The number of anilines is 1. The Hall–Kier alpha value is -4.05. The highest BCUT2D eigenvalue weighted by atomic mass is 15.0. The van der Waals surface area contributed by atoms with E-state index in [0.717, 1.165) is 46.6 Å². The van der Waals surface area contributed by atoms with E-state index in [1.165, 1.54) is 5.56 Å². The van der Waals surface area contributed by atoms with Crippen molar-refractivity contribution in [1.29, 1.82) is 0 Å². The number of hydrogen-bond donors (Lipinski definition) is 1. The van der Waals surface area contributed by atoms with Crippen LogP contribution in [0.5, 0.6) is 0 Å². The van der Waals surface area contributed by atoms with E-state index in [9.17, 15) is 0 Å². The van der Waals surface area contributed by atoms with E-state index in [1.807, 2.05) is 30.3 Å². The van der Waals surface area contributed by atoms with Gasteiger partial charge in [-0.15, -0.1) is 0 Å². The zero-order valence-electron chi connectivity index (χ0n) is 17.1. The summed E-state index contributed by atoms with van der Waals surface area (Å²) in [6, 6.07) is 33.2. The third-order valence-corrected chi connectivity index (χ3v) is 5.31. The van der Waals surface area contributed by atoms with E-state index in [4.69, 9.17) is 4.98 Å². The summed E-state index contributed by atoms with van der Waals surface area (Å²) in [4.78, 5) is 14.0. The number of rotatable bonds is 6. The van der Waals surface area contributed by atoms with Crippen molar-refractivity contribution in [1.82, 2.24) is 15.0 Å². The van der Waals surface area contributed by atoms with Gasteiger partial charge in [-0.1, -0.05) is 91.0 Å². The Morgan fingerprint density at radius 1 is 0.677 bits per heavy atom. The van der Waals surface area contributed by atoms with Crippen molar-refractivity contribution < 1.29 is 0 Å². The Morgan fingerprint density at radius 2 is 1.32 bits per heavy atom. The van der Waals surface area contributed by atoms with E-state index in [0.29, 0.717) is 5.65 Å². The fourth-order valence-corrected chi connectivity index (χ4v) is 3.77. The van der Waals surface area contributed by atoms with Crippen molar-refractivity contribution in [3.05, 3.63) is 109 Å². The first-order chi connectivity index (χ1) is 15.4. The summed E-state index contributed by atoms with van der Waals surface area (Å²) in [5, 5.41) is 4.46. The van der Waals surface area contributed by atoms with Crippen LogP contribution in [0.1, 0.15) is 5.56 Å². The van der Waals surface area contributed by atoms with Gasteiger partial charge >= 0.3 is 0 Å². The van der Waals surface area contributed by atoms with Crippen molar-refractivity contribution in [2.75, 3.05) is 11.9 Å². The molecule has 0 atom stereocenters. The molecule has 150 valence electrons. The van der Waals surface area contributed by atoms with E-state index in [-0.39, 0.29) is 0 Å². The molecular formula is C27H22N4. The molecule has 2 aromatic heterocycles. The van der Waals surface area contributed by atoms with E-state index in [1.54, 1.807) is 6.33 Å². The first-order valence-electron chi connectivity index (χ1n) is 10.4. The van der Waals surface area contributed by atoms with Crippen LogP contribution in [0.2, 0.25) is 0 Å². The van der Waals surface area contributed by atoms with Gasteiger partial charge in [0, 0.05) is 12.1 Å². The minimum absolute atomic E-state index is 0.692. The number of benzene rings is 3. The van der Waals surface area contributed by atoms with Crippen LogP contribution < -0.4 is 5.32 Å². The summed E-state index contributed by atoms with van der Waals surface area (Å²) in [7, 11) is 0. The minimum Gasteiger partial charge on any atom is -0.369 e. The highest BCUT2D eigenvalue weighted by Crippen LogP contribution is 2.34. The minimum atomic E-state index is 0.692. The van der Waals surface area contributed by atoms with Crippen LogP contribution in [0, 0.1) is 0 Å². The third kappa shape index (κ3) is 4.14. The molecule has 0 aliphatic carbocycles. The summed E-state index contributed by atoms with van der Waals surface area (Å²) in [6.07, 6.45) is 2.51. The van der Waals surface area contributed by atoms with Crippen LogP contribution in [-0.2, 0) is 6.42 Å². The van der Waals surface area contributed by atoms with Crippen molar-refractivity contribution in [3.8, 4) is 22.4 Å². The average Bonchev–Trinajstić information content (AvgIpc) is 2.85. The maximum atomic E-state index is 4.87. The quantitative estimate of drug-likeness (QED) is 0.378. The number of hydrogen-bond acceptors (Lipinski definition) is 4. The summed E-state index contributed by atoms with van der Waals surface area (Å²) >= 11 is 0. The molecule has 1 N–H and O–H groups in total. The summed E-state index contributed by atoms with van der Waals surface area (Å²) in [5.41, 5.74) is 6.15. The highest BCUT2D eigenvalue weighted by Gasteiger charge is 2.14. The monoisotopic (exact) mass is 402 g/mol. The smallest absolute Gasteiger partial charge is 0.165 e. The number of nitrogens with one attached hydrogen (secondary N) is 1. The molecule has 0 unspecified atom stereocenters. The lowest BCUT2D eigenvalue weighted by atomic mass is 10.00. The Balaban J connectivity index is 1.59. The number of pyridine rings is 1. The maximum absolute atomic E-state index is 4.87. The van der Waals surface area contributed by atoms with Gasteiger partial charge in [-0.05, 0) is 29.2 Å². The van der Waals surface area contributed by atoms with Crippen LogP contribution in [-0.4, -0.2) is 21.5 Å². The molecule has 0 radical (unpaired) electrons. The van der Waals surface area contributed by atoms with Crippen molar-refractivity contribution in [3.63, 3.8) is 0 Å². The molecule has 31 heavy (non-hydrogen) atoms. The highest BCUT2D eigenvalue weighted by molar-refractivity contribution is 6.01. The van der Waals surface area contributed by atoms with Crippen molar-refractivity contribution in [2.45, 2.75) is 6.42 Å². The molecule has 2 heterocycles. The molecule has 4 nitrogen and oxygen atoms in total. The van der Waals surface area contributed by atoms with Crippen LogP contribution in [0.3, 0.4) is 0 Å². The fourth-order valence-electron chi connectivity index (χ4n) is 3.77. The lowest BCUT2D eigenvalue weighted by Gasteiger charge is -2.14. The molecular weight excluding hydrogens is 380 g/mol. The molecule has 0 spiro atoms. The molecule has 0 aliphatic rings. The third-order valence-electron chi connectivity index (χ3n) is 5.31. The second kappa shape index (κ2) is 8.76. The summed E-state index contributed by atoms with van der Waals surface area (Å²) in [5.74, 6) is 0.812. The Bertz CT molecular complexity index is 1290. The predicted octanol–water partition coefficient (Wildman–Crippen LogP) is 6.01. The van der Waals surface area contributed by atoms with Crippen molar-refractivity contribution in [2.24, 2.45) is 0 Å². The van der Waals surface area contributed by atoms with Gasteiger partial charge in [0.15, 0.2) is 5.65 Å². The van der Waals surface area contributed by atoms with Crippen LogP contribution in [0.15, 0.2) is 103 Å². The van der Waals surface area contributed by atoms with Crippen molar-refractivity contribution >= 4 is 16.9 Å². The molecule has 3 aromatic carbocycles. The Labute approximate surface area is 181 Å². The topological polar surface area (TPSA) is 50.7 Å². The average molecular weight is 403 g/mol. The molecule has 0 aliphatic heterocycles. The molecule has 5 rings (SSSR count). The molecule has 5 aromatic rings. The molecule has 0 amide bonds. The fraction of sp³-hybridized carbons (Fsp3) is 0.0741. The number of aromatic nitrogens is 3. The first kappa shape index (κ1) is 18.9. The predicted molar refractivity (Wildman–Crippen MR) is 127 cm³/mol. The van der Waals surface area contributed by atoms with Gasteiger partial charge in [-0.2, -0.15) is 0 Å². The lowest BCUT2D eigenvalue weighted by molar-refractivity contribution is 1.00. The van der Waals surface area contributed by atoms with Gasteiger partial charge in [0.2, 0.25) is 0 Å². The number of fused-ring (bicyclic) bond motifs is 1. The second-order valence-corrected chi connectivity index (χ2v) is 7.37. The lowest BCUT2D eigenvalue weighted by Crippen LogP contribution is -2.08. The standard InChI is InChI=1S/C27H22N4/c1-4-10-20(11-5-1)16-17-28-26-25-23(21-12-6-2-7-13-21)18-24(22-14-8-3-9-15-22)31-27(25)30-19-29-26/h1-15,18-19H,16-17H2,(H,28,29,30,31). The Morgan fingerprint density at radius 3 is 2.03 bits per heavy atom.